The number of nitrogens with zero attached hydrogens (tertiary/aromatic N) is 3. The van der Waals surface area contributed by atoms with Crippen LogP contribution in [0.1, 0.15) is 64.1 Å². The zero-order valence-corrected chi connectivity index (χ0v) is 12.2. The Morgan fingerprint density at radius 2 is 1.89 bits per heavy atom. The lowest BCUT2D eigenvalue weighted by atomic mass is 10.1. The number of H-pyrrole nitrogens is 1. The van der Waals surface area contributed by atoms with Crippen molar-refractivity contribution < 1.29 is 4.79 Å². The van der Waals surface area contributed by atoms with E-state index >= 15 is 0 Å². The van der Waals surface area contributed by atoms with Gasteiger partial charge >= 0.3 is 0 Å². The highest BCUT2D eigenvalue weighted by molar-refractivity contribution is 5.75. The minimum Gasteiger partial charge on any atom is -0.338 e. The van der Waals surface area contributed by atoms with Gasteiger partial charge in [-0.3, -0.25) is 9.89 Å². The van der Waals surface area contributed by atoms with Gasteiger partial charge in [-0.2, -0.15) is 5.10 Å². The Bertz CT molecular complexity index is 337. The first kappa shape index (κ1) is 15.7. The fourth-order valence-corrected chi connectivity index (χ4v) is 2.04. The van der Waals surface area contributed by atoms with E-state index in [0.29, 0.717) is 13.0 Å². The van der Waals surface area contributed by atoms with Crippen LogP contribution in [0.15, 0.2) is 6.33 Å². The van der Waals surface area contributed by atoms with Crippen molar-refractivity contribution in [1.29, 1.82) is 0 Å². The largest absolute Gasteiger partial charge is 0.338 e. The summed E-state index contributed by atoms with van der Waals surface area (Å²) in [5, 5.41) is 6.54. The van der Waals surface area contributed by atoms with Crippen molar-refractivity contribution in [3.8, 4) is 0 Å². The van der Waals surface area contributed by atoms with Crippen LogP contribution in [-0.4, -0.2) is 33.0 Å². The fourth-order valence-electron chi connectivity index (χ4n) is 2.04. The van der Waals surface area contributed by atoms with Crippen LogP contribution in [0.4, 0.5) is 0 Å². The van der Waals surface area contributed by atoms with Gasteiger partial charge in [-0.05, 0) is 6.42 Å². The SMILES string of the molecule is CCCCCCCCCC(=O)N(C)Cc1ncn[nH]1. The molecule has 108 valence electrons. The summed E-state index contributed by atoms with van der Waals surface area (Å²) in [5.74, 6) is 0.917. The van der Waals surface area contributed by atoms with Crippen molar-refractivity contribution in [2.45, 2.75) is 64.8 Å². The van der Waals surface area contributed by atoms with Crippen LogP contribution < -0.4 is 0 Å². The zero-order valence-electron chi connectivity index (χ0n) is 12.2. The molecule has 1 N–H and O–H groups in total. The van der Waals surface area contributed by atoms with Crippen LogP contribution in [0, 0.1) is 0 Å². The first-order valence-electron chi connectivity index (χ1n) is 7.32. The van der Waals surface area contributed by atoms with Crippen LogP contribution in [-0.2, 0) is 11.3 Å². The van der Waals surface area contributed by atoms with Gasteiger partial charge in [-0.1, -0.05) is 45.4 Å². The van der Waals surface area contributed by atoms with E-state index in [0.717, 1.165) is 18.7 Å². The average Bonchev–Trinajstić information content (AvgIpc) is 2.90. The maximum absolute atomic E-state index is 11.9. The molecule has 0 aliphatic heterocycles. The molecule has 0 saturated heterocycles. The molecular weight excluding hydrogens is 240 g/mol. The Morgan fingerprint density at radius 3 is 2.53 bits per heavy atom. The molecule has 1 rings (SSSR count). The number of hydrogen-bond acceptors (Lipinski definition) is 3. The van der Waals surface area contributed by atoms with E-state index in [1.54, 1.807) is 4.90 Å². The average molecular weight is 266 g/mol. The van der Waals surface area contributed by atoms with E-state index in [9.17, 15) is 4.79 Å². The monoisotopic (exact) mass is 266 g/mol. The Kier molecular flexibility index (Phi) is 7.86. The standard InChI is InChI=1S/C14H26N4O/c1-3-4-5-6-7-8-9-10-14(19)18(2)11-13-15-12-16-17-13/h12H,3-11H2,1-2H3,(H,15,16,17). The summed E-state index contributed by atoms with van der Waals surface area (Å²) in [6, 6.07) is 0. The van der Waals surface area contributed by atoms with Crippen molar-refractivity contribution in [3.63, 3.8) is 0 Å². The molecule has 1 amide bonds. The normalized spacial score (nSPS) is 10.6. The van der Waals surface area contributed by atoms with Gasteiger partial charge in [-0.25, -0.2) is 4.98 Å². The molecule has 0 radical (unpaired) electrons. The highest BCUT2D eigenvalue weighted by Crippen LogP contribution is 2.09. The van der Waals surface area contributed by atoms with Crippen molar-refractivity contribution >= 4 is 5.91 Å². The first-order valence-corrected chi connectivity index (χ1v) is 7.32. The number of unbranched alkanes of at least 4 members (excludes halogenated alkanes) is 6. The van der Waals surface area contributed by atoms with Gasteiger partial charge < -0.3 is 4.90 Å². The van der Waals surface area contributed by atoms with Crippen molar-refractivity contribution in [3.05, 3.63) is 12.2 Å². The third-order valence-electron chi connectivity index (χ3n) is 3.27. The molecule has 1 aromatic heterocycles. The number of rotatable bonds is 10. The summed E-state index contributed by atoms with van der Waals surface area (Å²) in [7, 11) is 1.81. The van der Waals surface area contributed by atoms with E-state index in [4.69, 9.17) is 0 Å². The molecule has 19 heavy (non-hydrogen) atoms. The van der Waals surface area contributed by atoms with Gasteiger partial charge in [0, 0.05) is 13.5 Å². The molecule has 0 aromatic carbocycles. The molecule has 0 aliphatic carbocycles. The molecule has 0 atom stereocenters. The quantitative estimate of drug-likeness (QED) is 0.662. The fraction of sp³-hybridized carbons (Fsp3) is 0.786. The Labute approximate surface area is 115 Å². The first-order chi connectivity index (χ1) is 9.24. The molecular formula is C14H26N4O. The predicted molar refractivity (Wildman–Crippen MR) is 75.5 cm³/mol. The lowest BCUT2D eigenvalue weighted by Gasteiger charge is -2.15. The summed E-state index contributed by atoms with van der Waals surface area (Å²) < 4.78 is 0. The van der Waals surface area contributed by atoms with Crippen LogP contribution >= 0.6 is 0 Å². The molecule has 0 spiro atoms. The second kappa shape index (κ2) is 9.53. The summed E-state index contributed by atoms with van der Waals surface area (Å²) >= 11 is 0. The van der Waals surface area contributed by atoms with Crippen molar-refractivity contribution in [2.24, 2.45) is 0 Å². The Hall–Kier alpha value is -1.39. The van der Waals surface area contributed by atoms with Crippen LogP contribution in [0.3, 0.4) is 0 Å². The Morgan fingerprint density at radius 1 is 1.21 bits per heavy atom. The summed E-state index contributed by atoms with van der Waals surface area (Å²) in [5.41, 5.74) is 0. The van der Waals surface area contributed by atoms with Gasteiger partial charge in [0.05, 0.1) is 6.54 Å². The van der Waals surface area contributed by atoms with Crippen molar-refractivity contribution in [2.75, 3.05) is 7.05 Å². The molecule has 0 unspecified atom stereocenters. The van der Waals surface area contributed by atoms with Crippen molar-refractivity contribution in [1.82, 2.24) is 20.1 Å². The predicted octanol–water partition coefficient (Wildman–Crippen LogP) is 2.90. The van der Waals surface area contributed by atoms with E-state index < -0.39 is 0 Å². The molecule has 0 bridgehead atoms. The van der Waals surface area contributed by atoms with Gasteiger partial charge in [0.15, 0.2) is 0 Å². The number of hydrogen-bond donors (Lipinski definition) is 1. The van der Waals surface area contributed by atoms with Gasteiger partial charge in [0.25, 0.3) is 0 Å². The topological polar surface area (TPSA) is 61.9 Å². The molecule has 1 aromatic rings. The summed E-state index contributed by atoms with van der Waals surface area (Å²) in [4.78, 5) is 17.6. The highest BCUT2D eigenvalue weighted by Gasteiger charge is 2.09. The Balaban J connectivity index is 2.03. The van der Waals surface area contributed by atoms with Gasteiger partial charge in [0.1, 0.15) is 12.2 Å². The van der Waals surface area contributed by atoms with Gasteiger partial charge in [0.2, 0.25) is 5.91 Å². The number of carbonyl (C=O) groups excluding carboxylic acids is 1. The molecule has 0 aliphatic rings. The lowest BCUT2D eigenvalue weighted by Crippen LogP contribution is -2.26. The molecule has 0 saturated carbocycles. The molecule has 5 heteroatoms. The molecule has 5 nitrogen and oxygen atoms in total. The van der Waals surface area contributed by atoms with Crippen LogP contribution in [0.5, 0.6) is 0 Å². The number of carbonyl (C=O) groups is 1. The van der Waals surface area contributed by atoms with E-state index in [-0.39, 0.29) is 5.91 Å². The van der Waals surface area contributed by atoms with Crippen LogP contribution in [0.2, 0.25) is 0 Å². The van der Waals surface area contributed by atoms with E-state index in [2.05, 4.69) is 22.1 Å². The maximum Gasteiger partial charge on any atom is 0.222 e. The lowest BCUT2D eigenvalue weighted by molar-refractivity contribution is -0.130. The number of aromatic amines is 1. The van der Waals surface area contributed by atoms with E-state index in [1.165, 1.54) is 38.4 Å². The highest BCUT2D eigenvalue weighted by atomic mass is 16.2. The third-order valence-corrected chi connectivity index (χ3v) is 3.27. The minimum absolute atomic E-state index is 0.185. The molecule has 1 heterocycles. The second-order valence-electron chi connectivity index (χ2n) is 5.05. The number of aromatic nitrogens is 3. The second-order valence-corrected chi connectivity index (χ2v) is 5.05. The number of amides is 1. The molecule has 0 fully saturated rings. The minimum atomic E-state index is 0.185. The maximum atomic E-state index is 11.9. The van der Waals surface area contributed by atoms with E-state index in [1.807, 2.05) is 7.05 Å². The zero-order chi connectivity index (χ0) is 13.9. The number of nitrogens with one attached hydrogen (secondary N) is 1. The summed E-state index contributed by atoms with van der Waals surface area (Å²) in [6.45, 7) is 2.73. The smallest absolute Gasteiger partial charge is 0.222 e. The van der Waals surface area contributed by atoms with Gasteiger partial charge in [-0.15, -0.1) is 0 Å². The summed E-state index contributed by atoms with van der Waals surface area (Å²) in [6.07, 6.45) is 10.7. The van der Waals surface area contributed by atoms with Crippen LogP contribution in [0.25, 0.3) is 0 Å². The third kappa shape index (κ3) is 6.94.